The van der Waals surface area contributed by atoms with Gasteiger partial charge in [0.15, 0.2) is 5.78 Å². The van der Waals surface area contributed by atoms with E-state index in [1.807, 2.05) is 49.5 Å². The maximum Gasteiger partial charge on any atom is 0.193 e. The number of aromatic hydroxyl groups is 1. The lowest BCUT2D eigenvalue weighted by Gasteiger charge is -2.24. The number of benzene rings is 3. The topological polar surface area (TPSA) is 59.0 Å². The summed E-state index contributed by atoms with van der Waals surface area (Å²) >= 11 is 0. The Hall–Kier alpha value is -3.57. The largest absolute Gasteiger partial charge is 0.506 e. The first-order valence-corrected chi connectivity index (χ1v) is 10.6. The summed E-state index contributed by atoms with van der Waals surface area (Å²) in [4.78, 5) is 15.4. The SMILES string of the molecule is COc1cc(OC)c(C2=CCN(C)CC2)c(O)c1C(=O)/C=C/c1cccc2ccccc12. The molecule has 5 heteroatoms. The molecule has 0 aliphatic carbocycles. The lowest BCUT2D eigenvalue weighted by molar-refractivity contribution is 0.104. The molecule has 0 bridgehead atoms. The van der Waals surface area contributed by atoms with Crippen LogP contribution < -0.4 is 9.47 Å². The number of rotatable bonds is 6. The van der Waals surface area contributed by atoms with Gasteiger partial charge in [-0.25, -0.2) is 0 Å². The van der Waals surface area contributed by atoms with Gasteiger partial charge in [-0.3, -0.25) is 4.79 Å². The second kappa shape index (κ2) is 9.28. The molecule has 1 N–H and O–H groups in total. The quantitative estimate of drug-likeness (QED) is 0.432. The summed E-state index contributed by atoms with van der Waals surface area (Å²) in [5.74, 6) is 0.336. The van der Waals surface area contributed by atoms with Gasteiger partial charge in [0, 0.05) is 19.2 Å². The van der Waals surface area contributed by atoms with Gasteiger partial charge in [0.25, 0.3) is 0 Å². The highest BCUT2D eigenvalue weighted by molar-refractivity contribution is 6.12. The van der Waals surface area contributed by atoms with Crippen LogP contribution in [0.2, 0.25) is 0 Å². The number of ether oxygens (including phenoxy) is 2. The lowest BCUT2D eigenvalue weighted by Crippen LogP contribution is -2.23. The highest BCUT2D eigenvalue weighted by atomic mass is 16.5. The molecule has 3 aromatic carbocycles. The van der Waals surface area contributed by atoms with Crippen LogP contribution >= 0.6 is 0 Å². The molecule has 0 spiro atoms. The van der Waals surface area contributed by atoms with Crippen LogP contribution in [-0.2, 0) is 0 Å². The average molecular weight is 430 g/mol. The van der Waals surface area contributed by atoms with E-state index in [2.05, 4.69) is 11.0 Å². The highest BCUT2D eigenvalue weighted by Gasteiger charge is 2.26. The molecule has 1 heterocycles. The molecular formula is C27H27NO4. The molecule has 3 aromatic rings. The monoisotopic (exact) mass is 429 g/mol. The number of carbonyl (C=O) groups is 1. The minimum absolute atomic E-state index is 0.107. The van der Waals surface area contributed by atoms with Gasteiger partial charge in [-0.2, -0.15) is 0 Å². The second-order valence-corrected chi connectivity index (χ2v) is 7.89. The highest BCUT2D eigenvalue weighted by Crippen LogP contribution is 2.44. The number of likely N-dealkylation sites (N-methyl/N-ethyl adjacent to an activating group) is 1. The van der Waals surface area contributed by atoms with E-state index in [0.29, 0.717) is 11.3 Å². The summed E-state index contributed by atoms with van der Waals surface area (Å²) in [6.07, 6.45) is 6.08. The molecule has 1 aliphatic rings. The second-order valence-electron chi connectivity index (χ2n) is 7.89. The fourth-order valence-electron chi connectivity index (χ4n) is 4.13. The van der Waals surface area contributed by atoms with Gasteiger partial charge in [0.2, 0.25) is 0 Å². The molecule has 164 valence electrons. The van der Waals surface area contributed by atoms with E-state index < -0.39 is 0 Å². The molecule has 0 aromatic heterocycles. The van der Waals surface area contributed by atoms with Crippen molar-refractivity contribution in [2.45, 2.75) is 6.42 Å². The Kier molecular flexibility index (Phi) is 6.28. The number of fused-ring (bicyclic) bond motifs is 1. The van der Waals surface area contributed by atoms with Crippen LogP contribution in [0.25, 0.3) is 22.4 Å². The zero-order chi connectivity index (χ0) is 22.7. The predicted molar refractivity (Wildman–Crippen MR) is 129 cm³/mol. The first kappa shape index (κ1) is 21.7. The Bertz CT molecular complexity index is 1220. The van der Waals surface area contributed by atoms with Gasteiger partial charge in [-0.1, -0.05) is 54.6 Å². The van der Waals surface area contributed by atoms with Crippen LogP contribution in [-0.4, -0.2) is 50.1 Å². The fraction of sp³-hybridized carbons (Fsp3) is 0.222. The standard InChI is InChI=1S/C27H27NO4/c1-28-15-13-20(14-16-28)25-23(31-2)17-24(32-3)26(27(25)30)22(29)12-11-19-9-6-8-18-7-4-5-10-21(18)19/h4-13,17,30H,14-16H2,1-3H3/b12-11+. The third kappa shape index (κ3) is 4.12. The van der Waals surface area contributed by atoms with Crippen LogP contribution in [0.1, 0.15) is 27.9 Å². The summed E-state index contributed by atoms with van der Waals surface area (Å²) in [7, 11) is 5.08. The minimum Gasteiger partial charge on any atom is -0.506 e. The number of phenols is 1. The molecule has 0 saturated heterocycles. The maximum atomic E-state index is 13.2. The van der Waals surface area contributed by atoms with Gasteiger partial charge < -0.3 is 19.5 Å². The average Bonchev–Trinajstić information content (AvgIpc) is 2.82. The molecule has 0 atom stereocenters. The Balaban J connectivity index is 1.77. The van der Waals surface area contributed by atoms with E-state index in [1.165, 1.54) is 13.2 Å². The Morgan fingerprint density at radius 2 is 1.81 bits per heavy atom. The summed E-state index contributed by atoms with van der Waals surface area (Å²) in [6, 6.07) is 15.7. The van der Waals surface area contributed by atoms with Crippen molar-refractivity contribution in [2.24, 2.45) is 0 Å². The van der Waals surface area contributed by atoms with E-state index in [-0.39, 0.29) is 22.8 Å². The number of carbonyl (C=O) groups excluding carboxylic acids is 1. The molecule has 4 rings (SSSR count). The van der Waals surface area contributed by atoms with Crippen molar-refractivity contribution in [3.05, 3.63) is 77.4 Å². The molecule has 1 aliphatic heterocycles. The fourth-order valence-corrected chi connectivity index (χ4v) is 4.13. The van der Waals surface area contributed by atoms with Crippen LogP contribution in [0.3, 0.4) is 0 Å². The number of nitrogens with zero attached hydrogens (tertiary/aromatic N) is 1. The molecule has 0 radical (unpaired) electrons. The molecule has 32 heavy (non-hydrogen) atoms. The van der Waals surface area contributed by atoms with Crippen molar-refractivity contribution >= 4 is 28.2 Å². The maximum absolute atomic E-state index is 13.2. The zero-order valence-electron chi connectivity index (χ0n) is 18.6. The van der Waals surface area contributed by atoms with E-state index in [4.69, 9.17) is 9.47 Å². The summed E-state index contributed by atoms with van der Waals surface area (Å²) in [5, 5.41) is 13.4. The third-order valence-corrected chi connectivity index (χ3v) is 5.89. The summed E-state index contributed by atoms with van der Waals surface area (Å²) < 4.78 is 11.0. The predicted octanol–water partition coefficient (Wildman–Crippen LogP) is 5.18. The number of phenolic OH excluding ortho intramolecular Hbond substituents is 1. The number of allylic oxidation sites excluding steroid dienone is 1. The molecule has 0 amide bonds. The van der Waals surface area contributed by atoms with Crippen molar-refractivity contribution in [2.75, 3.05) is 34.4 Å². The molecule has 0 unspecified atom stereocenters. The Morgan fingerprint density at radius 1 is 1.06 bits per heavy atom. The van der Waals surface area contributed by atoms with Gasteiger partial charge in [0.05, 0.1) is 19.8 Å². The molecule has 0 fully saturated rings. The van der Waals surface area contributed by atoms with Crippen molar-refractivity contribution in [1.82, 2.24) is 4.90 Å². The van der Waals surface area contributed by atoms with Crippen molar-refractivity contribution < 1.29 is 19.4 Å². The third-order valence-electron chi connectivity index (χ3n) is 5.89. The van der Waals surface area contributed by atoms with Gasteiger partial charge in [-0.15, -0.1) is 0 Å². The number of methoxy groups -OCH3 is 2. The lowest BCUT2D eigenvalue weighted by atomic mass is 9.93. The number of hydrogen-bond donors (Lipinski definition) is 1. The Labute approximate surface area is 188 Å². The smallest absolute Gasteiger partial charge is 0.193 e. The van der Waals surface area contributed by atoms with E-state index >= 15 is 0 Å². The van der Waals surface area contributed by atoms with Crippen molar-refractivity contribution in [1.29, 1.82) is 0 Å². The van der Waals surface area contributed by atoms with Crippen LogP contribution in [0.5, 0.6) is 17.2 Å². The van der Waals surface area contributed by atoms with Gasteiger partial charge in [-0.05, 0) is 41.5 Å². The molecular weight excluding hydrogens is 402 g/mol. The van der Waals surface area contributed by atoms with Crippen LogP contribution in [0, 0.1) is 0 Å². The number of hydrogen-bond acceptors (Lipinski definition) is 5. The van der Waals surface area contributed by atoms with Crippen molar-refractivity contribution in [3.8, 4) is 17.2 Å². The summed E-state index contributed by atoms with van der Waals surface area (Å²) in [6.45, 7) is 1.64. The van der Waals surface area contributed by atoms with Gasteiger partial charge >= 0.3 is 0 Å². The van der Waals surface area contributed by atoms with Gasteiger partial charge in [0.1, 0.15) is 22.8 Å². The molecule has 5 nitrogen and oxygen atoms in total. The molecule has 0 saturated carbocycles. The first-order valence-electron chi connectivity index (χ1n) is 10.6. The van der Waals surface area contributed by atoms with E-state index in [0.717, 1.165) is 41.4 Å². The minimum atomic E-state index is -0.329. The van der Waals surface area contributed by atoms with Crippen LogP contribution in [0.15, 0.2) is 60.7 Å². The van der Waals surface area contributed by atoms with Crippen LogP contribution in [0.4, 0.5) is 0 Å². The van der Waals surface area contributed by atoms with E-state index in [1.54, 1.807) is 19.3 Å². The first-order chi connectivity index (χ1) is 15.5. The number of ketones is 1. The zero-order valence-corrected chi connectivity index (χ0v) is 18.6. The van der Waals surface area contributed by atoms with Crippen molar-refractivity contribution in [3.63, 3.8) is 0 Å². The normalized spacial score (nSPS) is 14.5. The Morgan fingerprint density at radius 3 is 2.53 bits per heavy atom. The summed E-state index contributed by atoms with van der Waals surface area (Å²) in [5.41, 5.74) is 2.59. The van der Waals surface area contributed by atoms with E-state index in [9.17, 15) is 9.90 Å².